The smallest absolute Gasteiger partial charge is 0.0479 e. The van der Waals surface area contributed by atoms with Crippen molar-refractivity contribution in [3.8, 4) is 0 Å². The third-order valence-corrected chi connectivity index (χ3v) is 6.48. The highest BCUT2D eigenvalue weighted by atomic mass is 15.3. The molecule has 0 N–H and O–H groups in total. The fourth-order valence-corrected chi connectivity index (χ4v) is 4.96. The molecule has 2 heteroatoms. The Hall–Kier alpha value is -2.42. The maximum absolute atomic E-state index is 2.72. The predicted octanol–water partition coefficient (Wildman–Crippen LogP) is 4.73. The van der Waals surface area contributed by atoms with E-state index in [1.54, 1.807) is 0 Å². The first-order valence-electron chi connectivity index (χ1n) is 10.5. The largest absolute Gasteiger partial charge is 0.300 e. The second kappa shape index (κ2) is 7.90. The summed E-state index contributed by atoms with van der Waals surface area (Å²) in [5.74, 6) is 0.490. The van der Waals surface area contributed by atoms with Crippen LogP contribution in [0.1, 0.15) is 34.2 Å². The van der Waals surface area contributed by atoms with Crippen molar-refractivity contribution in [2.24, 2.45) is 0 Å². The van der Waals surface area contributed by atoms with Crippen LogP contribution in [-0.4, -0.2) is 42.5 Å². The number of nitrogens with zero attached hydrogens (tertiary/aromatic N) is 2. The maximum atomic E-state index is 2.72. The van der Waals surface area contributed by atoms with Crippen molar-refractivity contribution in [2.45, 2.75) is 18.4 Å². The summed E-state index contributed by atoms with van der Waals surface area (Å²) in [4.78, 5) is 5.38. The maximum Gasteiger partial charge on any atom is 0.0479 e. The molecule has 0 radical (unpaired) electrons. The number of benzene rings is 3. The summed E-state index contributed by atoms with van der Waals surface area (Å²) in [5, 5.41) is 0. The van der Waals surface area contributed by atoms with Crippen LogP contribution in [0.4, 0.5) is 0 Å². The van der Waals surface area contributed by atoms with Gasteiger partial charge in [-0.2, -0.15) is 0 Å². The van der Waals surface area contributed by atoms with Gasteiger partial charge in [0, 0.05) is 44.7 Å². The van der Waals surface area contributed by atoms with E-state index in [0.29, 0.717) is 12.0 Å². The van der Waals surface area contributed by atoms with E-state index in [0.717, 1.165) is 32.6 Å². The standard InChI is InChI=1S/C26H28N2/c1-3-9-21(10-4-1)15-16-27-17-18-28-19-25(22-11-5-2-6-12-22)23-13-7-8-14-24(23)26(28)20-27/h1-14,25-26H,15-20H2. The van der Waals surface area contributed by atoms with Gasteiger partial charge in [0.25, 0.3) is 0 Å². The van der Waals surface area contributed by atoms with Crippen LogP contribution in [0.25, 0.3) is 0 Å². The van der Waals surface area contributed by atoms with Crippen molar-refractivity contribution in [1.82, 2.24) is 9.80 Å². The molecule has 2 aliphatic heterocycles. The van der Waals surface area contributed by atoms with Crippen LogP contribution in [0.15, 0.2) is 84.9 Å². The fraction of sp³-hybridized carbons (Fsp3) is 0.308. The van der Waals surface area contributed by atoms with Gasteiger partial charge in [-0.25, -0.2) is 0 Å². The molecule has 2 heterocycles. The summed E-state index contributed by atoms with van der Waals surface area (Å²) < 4.78 is 0. The van der Waals surface area contributed by atoms with Crippen molar-refractivity contribution in [1.29, 1.82) is 0 Å². The second-order valence-electron chi connectivity index (χ2n) is 8.14. The zero-order valence-electron chi connectivity index (χ0n) is 16.4. The van der Waals surface area contributed by atoms with Gasteiger partial charge in [-0.1, -0.05) is 84.9 Å². The molecule has 5 rings (SSSR count). The average Bonchev–Trinajstić information content (AvgIpc) is 2.78. The zero-order valence-corrected chi connectivity index (χ0v) is 16.4. The molecule has 1 fully saturated rings. The lowest BCUT2D eigenvalue weighted by molar-refractivity contribution is 0.0633. The second-order valence-corrected chi connectivity index (χ2v) is 8.14. The molecule has 0 spiro atoms. The van der Waals surface area contributed by atoms with Gasteiger partial charge in [0.2, 0.25) is 0 Å². The predicted molar refractivity (Wildman–Crippen MR) is 116 cm³/mol. The molecule has 1 saturated heterocycles. The highest BCUT2D eigenvalue weighted by Crippen LogP contribution is 2.40. The zero-order chi connectivity index (χ0) is 18.8. The van der Waals surface area contributed by atoms with Crippen molar-refractivity contribution in [3.63, 3.8) is 0 Å². The topological polar surface area (TPSA) is 6.48 Å². The van der Waals surface area contributed by atoms with Gasteiger partial charge in [-0.3, -0.25) is 9.80 Å². The van der Waals surface area contributed by atoms with Crippen LogP contribution in [-0.2, 0) is 6.42 Å². The molecule has 0 aliphatic carbocycles. The molecule has 0 saturated carbocycles. The molecule has 3 aromatic rings. The monoisotopic (exact) mass is 368 g/mol. The van der Waals surface area contributed by atoms with Crippen LogP contribution < -0.4 is 0 Å². The van der Waals surface area contributed by atoms with Crippen molar-refractivity contribution >= 4 is 0 Å². The van der Waals surface area contributed by atoms with Crippen molar-refractivity contribution in [2.75, 3.05) is 32.7 Å². The summed E-state index contributed by atoms with van der Waals surface area (Å²) in [7, 11) is 0. The molecule has 28 heavy (non-hydrogen) atoms. The van der Waals surface area contributed by atoms with Gasteiger partial charge in [0.1, 0.15) is 0 Å². The molecule has 2 nitrogen and oxygen atoms in total. The van der Waals surface area contributed by atoms with E-state index in [1.807, 2.05) is 0 Å². The van der Waals surface area contributed by atoms with E-state index in [9.17, 15) is 0 Å². The fourth-order valence-electron chi connectivity index (χ4n) is 4.96. The minimum atomic E-state index is 0.490. The van der Waals surface area contributed by atoms with Gasteiger partial charge in [-0.05, 0) is 28.7 Å². The summed E-state index contributed by atoms with van der Waals surface area (Å²) in [6.07, 6.45) is 1.14. The SMILES string of the molecule is c1ccc(CCN2CCN3CC(c4ccccc4)c4ccccc4C3C2)cc1. The summed E-state index contributed by atoms with van der Waals surface area (Å²) in [5.41, 5.74) is 5.95. The first kappa shape index (κ1) is 17.7. The van der Waals surface area contributed by atoms with Crippen molar-refractivity contribution in [3.05, 3.63) is 107 Å². The van der Waals surface area contributed by atoms with E-state index < -0.39 is 0 Å². The molecule has 0 aromatic heterocycles. The Balaban J connectivity index is 1.36. The van der Waals surface area contributed by atoms with E-state index in [1.165, 1.54) is 28.8 Å². The molecule has 2 atom stereocenters. The molecular formula is C26H28N2. The van der Waals surface area contributed by atoms with E-state index in [2.05, 4.69) is 94.7 Å². The lowest BCUT2D eigenvalue weighted by Gasteiger charge is -2.47. The van der Waals surface area contributed by atoms with E-state index in [-0.39, 0.29) is 0 Å². The van der Waals surface area contributed by atoms with Gasteiger partial charge in [-0.15, -0.1) is 0 Å². The Kier molecular flexibility index (Phi) is 4.99. The Labute approximate surface area is 168 Å². The number of rotatable bonds is 4. The quantitative estimate of drug-likeness (QED) is 0.657. The first-order valence-corrected chi connectivity index (χ1v) is 10.5. The van der Waals surface area contributed by atoms with Crippen LogP contribution in [0.5, 0.6) is 0 Å². The third kappa shape index (κ3) is 3.50. The molecule has 0 bridgehead atoms. The number of hydrogen-bond donors (Lipinski definition) is 0. The lowest BCUT2D eigenvalue weighted by atomic mass is 9.80. The molecule has 142 valence electrons. The van der Waals surface area contributed by atoms with Gasteiger partial charge in [0.05, 0.1) is 0 Å². The normalized spacial score (nSPS) is 22.4. The molecule has 0 amide bonds. The number of fused-ring (bicyclic) bond motifs is 3. The third-order valence-electron chi connectivity index (χ3n) is 6.48. The Bertz CT molecular complexity index is 906. The van der Waals surface area contributed by atoms with Crippen LogP contribution >= 0.6 is 0 Å². The molecular weight excluding hydrogens is 340 g/mol. The average molecular weight is 369 g/mol. The van der Waals surface area contributed by atoms with Gasteiger partial charge < -0.3 is 0 Å². The van der Waals surface area contributed by atoms with Crippen molar-refractivity contribution < 1.29 is 0 Å². The van der Waals surface area contributed by atoms with Gasteiger partial charge in [0.15, 0.2) is 0 Å². The summed E-state index contributed by atoms with van der Waals surface area (Å²) >= 11 is 0. The minimum Gasteiger partial charge on any atom is -0.300 e. The Morgan fingerprint density at radius 2 is 1.36 bits per heavy atom. The van der Waals surface area contributed by atoms with Crippen LogP contribution in [0.2, 0.25) is 0 Å². The molecule has 2 aliphatic rings. The number of hydrogen-bond acceptors (Lipinski definition) is 2. The number of piperazine rings is 1. The summed E-state index contributed by atoms with van der Waals surface area (Å²) in [6.45, 7) is 5.77. The van der Waals surface area contributed by atoms with Gasteiger partial charge >= 0.3 is 0 Å². The highest BCUT2D eigenvalue weighted by molar-refractivity contribution is 5.42. The van der Waals surface area contributed by atoms with Crippen LogP contribution in [0.3, 0.4) is 0 Å². The molecule has 2 unspecified atom stereocenters. The highest BCUT2D eigenvalue weighted by Gasteiger charge is 2.36. The lowest BCUT2D eigenvalue weighted by Crippen LogP contribution is -2.52. The minimum absolute atomic E-state index is 0.490. The van der Waals surface area contributed by atoms with Crippen LogP contribution in [0, 0.1) is 0 Å². The molecule has 3 aromatic carbocycles. The first-order chi connectivity index (χ1) is 13.9. The Morgan fingerprint density at radius 1 is 0.679 bits per heavy atom. The summed E-state index contributed by atoms with van der Waals surface area (Å²) in [6, 6.07) is 31.6. The van der Waals surface area contributed by atoms with E-state index in [4.69, 9.17) is 0 Å². The van der Waals surface area contributed by atoms with E-state index >= 15 is 0 Å². The Morgan fingerprint density at radius 3 is 2.14 bits per heavy atom.